The predicted molar refractivity (Wildman–Crippen MR) is 133 cm³/mol. The van der Waals surface area contributed by atoms with Crippen molar-refractivity contribution in [1.82, 2.24) is 19.6 Å². The lowest BCUT2D eigenvalue weighted by Crippen LogP contribution is -2.52. The van der Waals surface area contributed by atoms with Gasteiger partial charge in [-0.3, -0.25) is 14.5 Å². The molecule has 11 heteroatoms. The molecule has 2 aromatic heterocycles. The number of anilines is 1. The van der Waals surface area contributed by atoms with E-state index in [2.05, 4.69) is 24.6 Å². The summed E-state index contributed by atoms with van der Waals surface area (Å²) in [5.41, 5.74) is 1.39. The van der Waals surface area contributed by atoms with Crippen LogP contribution in [0.5, 0.6) is 0 Å². The Morgan fingerprint density at radius 1 is 1.18 bits per heavy atom. The highest BCUT2D eigenvalue weighted by Crippen LogP contribution is 2.28. The average molecular weight is 499 g/mol. The minimum Gasteiger partial charge on any atom is -0.344 e. The third kappa shape index (κ3) is 4.14. The molecule has 1 saturated heterocycles. The number of aliphatic imine (C=N–C) groups is 1. The van der Waals surface area contributed by atoms with Gasteiger partial charge in [-0.2, -0.15) is 0 Å². The van der Waals surface area contributed by atoms with Gasteiger partial charge in [0, 0.05) is 37.9 Å². The molecule has 0 saturated carbocycles. The minimum absolute atomic E-state index is 0.0365. The Morgan fingerprint density at radius 2 is 1.94 bits per heavy atom. The summed E-state index contributed by atoms with van der Waals surface area (Å²) >= 11 is 1.56. The molecule has 0 aliphatic carbocycles. The van der Waals surface area contributed by atoms with E-state index in [9.17, 15) is 13.2 Å². The predicted octanol–water partition coefficient (Wildman–Crippen LogP) is 2.49. The number of benzene rings is 1. The van der Waals surface area contributed by atoms with Crippen LogP contribution in [-0.2, 0) is 14.8 Å². The zero-order valence-electron chi connectivity index (χ0n) is 19.0. The Kier molecular flexibility index (Phi) is 5.98. The number of amides is 1. The van der Waals surface area contributed by atoms with Crippen molar-refractivity contribution in [1.29, 1.82) is 0 Å². The van der Waals surface area contributed by atoms with Gasteiger partial charge in [-0.15, -0.1) is 0 Å². The molecule has 178 valence electrons. The van der Waals surface area contributed by atoms with Crippen LogP contribution < -0.4 is 9.62 Å². The Labute approximate surface area is 202 Å². The fourth-order valence-electron chi connectivity index (χ4n) is 4.22. The topological polar surface area (TPSA) is 108 Å². The van der Waals surface area contributed by atoms with E-state index >= 15 is 0 Å². The zero-order chi connectivity index (χ0) is 23.9. The lowest BCUT2D eigenvalue weighted by Gasteiger charge is -2.36. The Bertz CT molecular complexity index is 1330. The van der Waals surface area contributed by atoms with Crippen molar-refractivity contribution in [2.75, 3.05) is 31.1 Å². The summed E-state index contributed by atoms with van der Waals surface area (Å²) in [6, 6.07) is 9.89. The number of carbonyl (C=O) groups is 1. The van der Waals surface area contributed by atoms with Gasteiger partial charge in [0.15, 0.2) is 5.13 Å². The van der Waals surface area contributed by atoms with E-state index in [-0.39, 0.29) is 22.6 Å². The first-order valence-electron chi connectivity index (χ1n) is 11.3. The number of sulfonamides is 1. The van der Waals surface area contributed by atoms with Crippen LogP contribution in [0.4, 0.5) is 5.13 Å². The first-order valence-corrected chi connectivity index (χ1v) is 13.6. The maximum atomic E-state index is 13.5. The molecule has 2 aliphatic rings. The van der Waals surface area contributed by atoms with E-state index in [4.69, 9.17) is 0 Å². The van der Waals surface area contributed by atoms with E-state index in [1.54, 1.807) is 41.8 Å². The molecule has 1 N–H and O–H groups in total. The van der Waals surface area contributed by atoms with E-state index in [0.29, 0.717) is 31.7 Å². The van der Waals surface area contributed by atoms with Gasteiger partial charge in [-0.1, -0.05) is 43.7 Å². The summed E-state index contributed by atoms with van der Waals surface area (Å²) in [6.07, 6.45) is 2.51. The monoisotopic (exact) mass is 498 g/mol. The molecule has 0 radical (unpaired) electrons. The molecular weight excluding hydrogens is 472 g/mol. The van der Waals surface area contributed by atoms with Crippen LogP contribution in [0.2, 0.25) is 0 Å². The molecule has 5 rings (SSSR count). The number of hydrogen-bond donors (Lipinski definition) is 1. The van der Waals surface area contributed by atoms with E-state index in [1.807, 2.05) is 30.9 Å². The largest absolute Gasteiger partial charge is 0.344 e. The van der Waals surface area contributed by atoms with Crippen LogP contribution in [0, 0.1) is 5.92 Å². The molecule has 2 atom stereocenters. The summed E-state index contributed by atoms with van der Waals surface area (Å²) in [6.45, 7) is 6.45. The highest BCUT2D eigenvalue weighted by atomic mass is 32.2. The number of nitrogens with one attached hydrogen (secondary N) is 1. The number of pyridine rings is 1. The van der Waals surface area contributed by atoms with Crippen molar-refractivity contribution in [2.45, 2.75) is 31.2 Å². The second kappa shape index (κ2) is 8.95. The van der Waals surface area contributed by atoms with Crippen LogP contribution >= 0.6 is 11.3 Å². The van der Waals surface area contributed by atoms with Gasteiger partial charge in [0.25, 0.3) is 10.0 Å². The van der Waals surface area contributed by atoms with Crippen LogP contribution in [-0.4, -0.2) is 67.2 Å². The van der Waals surface area contributed by atoms with Crippen molar-refractivity contribution in [3.05, 3.63) is 48.2 Å². The molecule has 2 aliphatic heterocycles. The molecule has 0 spiro atoms. The average Bonchev–Trinajstić information content (AvgIpc) is 3.40. The Hall–Kier alpha value is -3.05. The molecule has 34 heavy (non-hydrogen) atoms. The lowest BCUT2D eigenvalue weighted by atomic mass is 9.97. The summed E-state index contributed by atoms with van der Waals surface area (Å²) in [5, 5.41) is 0.913. The number of rotatable bonds is 5. The summed E-state index contributed by atoms with van der Waals surface area (Å²) in [5.74, 6) is 0.136. The van der Waals surface area contributed by atoms with E-state index < -0.39 is 16.1 Å². The number of carbonyl (C=O) groups excluding carboxylic acids is 1. The van der Waals surface area contributed by atoms with Crippen molar-refractivity contribution >= 4 is 48.6 Å². The maximum Gasteiger partial charge on any atom is 0.263 e. The number of nitrogens with zero attached hydrogens (tertiary/aromatic N) is 5. The number of fused-ring (bicyclic) bond motifs is 2. The second-order valence-electron chi connectivity index (χ2n) is 8.55. The number of hydrogen-bond acceptors (Lipinski definition) is 8. The van der Waals surface area contributed by atoms with Gasteiger partial charge >= 0.3 is 0 Å². The van der Waals surface area contributed by atoms with Crippen molar-refractivity contribution in [3.63, 3.8) is 0 Å². The molecule has 0 unspecified atom stereocenters. The standard InChI is InChI=1S/C23H26N6O3S2/c1-3-15(2)19(26-20-16-7-4-5-9-18(16)34(31,32)27-20)22(30)28-11-13-29(14-12-28)23-25-17-8-6-10-24-21(17)33-23/h4-10,15,19H,3,11-14H2,1-2H3,(H,26,27)/t15-,19-/m0/s1. The molecule has 1 amide bonds. The van der Waals surface area contributed by atoms with Crippen molar-refractivity contribution in [2.24, 2.45) is 10.9 Å². The van der Waals surface area contributed by atoms with Crippen LogP contribution in [0.15, 0.2) is 52.5 Å². The van der Waals surface area contributed by atoms with Crippen LogP contribution in [0.25, 0.3) is 10.3 Å². The fraction of sp³-hybridized carbons (Fsp3) is 0.391. The molecule has 4 heterocycles. The number of amidine groups is 1. The van der Waals surface area contributed by atoms with Gasteiger partial charge in [0.1, 0.15) is 22.2 Å². The first-order chi connectivity index (χ1) is 16.4. The van der Waals surface area contributed by atoms with Gasteiger partial charge in [0.2, 0.25) is 5.91 Å². The number of aromatic nitrogens is 2. The second-order valence-corrected chi connectivity index (χ2v) is 11.2. The van der Waals surface area contributed by atoms with Crippen LogP contribution in [0.3, 0.4) is 0 Å². The van der Waals surface area contributed by atoms with Gasteiger partial charge in [0.05, 0.1) is 4.90 Å². The molecule has 1 fully saturated rings. The quantitative estimate of drug-likeness (QED) is 0.579. The minimum atomic E-state index is -3.66. The summed E-state index contributed by atoms with van der Waals surface area (Å²) in [7, 11) is -3.66. The highest BCUT2D eigenvalue weighted by molar-refractivity contribution is 7.90. The SMILES string of the molecule is CC[C@H](C)[C@H](N=C1NS(=O)(=O)c2ccccc21)C(=O)N1CCN(c2nc3cccnc3s2)CC1. The van der Waals surface area contributed by atoms with Crippen LogP contribution in [0.1, 0.15) is 25.8 Å². The summed E-state index contributed by atoms with van der Waals surface area (Å²) in [4.78, 5) is 32.4. The highest BCUT2D eigenvalue weighted by Gasteiger charge is 2.35. The maximum absolute atomic E-state index is 13.5. The van der Waals surface area contributed by atoms with E-state index in [0.717, 1.165) is 21.9 Å². The Balaban J connectivity index is 1.34. The van der Waals surface area contributed by atoms with Gasteiger partial charge in [-0.05, 0) is 30.2 Å². The fourth-order valence-corrected chi connectivity index (χ4v) is 6.42. The van der Waals surface area contributed by atoms with Crippen molar-refractivity contribution < 1.29 is 13.2 Å². The normalized spacial score (nSPS) is 20.2. The molecule has 1 aromatic carbocycles. The smallest absolute Gasteiger partial charge is 0.263 e. The third-order valence-corrected chi connectivity index (χ3v) is 8.82. The molecule has 3 aromatic rings. The van der Waals surface area contributed by atoms with E-state index in [1.165, 1.54) is 0 Å². The number of thiazole rings is 1. The van der Waals surface area contributed by atoms with Crippen molar-refractivity contribution in [3.8, 4) is 0 Å². The van der Waals surface area contributed by atoms with Gasteiger partial charge < -0.3 is 9.80 Å². The molecule has 9 nitrogen and oxygen atoms in total. The zero-order valence-corrected chi connectivity index (χ0v) is 20.6. The molecule has 0 bridgehead atoms. The number of piperazine rings is 1. The Morgan fingerprint density at radius 3 is 2.68 bits per heavy atom. The first kappa shape index (κ1) is 22.7. The lowest BCUT2D eigenvalue weighted by molar-refractivity contribution is -0.133. The summed E-state index contributed by atoms with van der Waals surface area (Å²) < 4.78 is 27.5. The molecular formula is C23H26N6O3S2. The third-order valence-electron chi connectivity index (χ3n) is 6.38. The van der Waals surface area contributed by atoms with Gasteiger partial charge in [-0.25, -0.2) is 18.4 Å².